The Bertz CT molecular complexity index is 510. The molecule has 0 aliphatic heterocycles. The van der Waals surface area contributed by atoms with Gasteiger partial charge in [-0.2, -0.15) is 0 Å². The van der Waals surface area contributed by atoms with Gasteiger partial charge in [-0.25, -0.2) is 0 Å². The molecule has 0 unspecified atom stereocenters. The molecule has 0 aromatic heterocycles. The maximum atomic E-state index is 4.20. The van der Waals surface area contributed by atoms with E-state index < -0.39 is 16.5 Å². The first kappa shape index (κ1) is 25.3. The Morgan fingerprint density at radius 3 is 0.857 bits per heavy atom. The standard InChI is InChI=1S/C24H48N2Si2/c1-17(2)27(18(3)4,19(5)6)25-23-15-13-14-16-24(23)26-28(20(7)8,21(9)10)22(11)12/h13-22,25-26H,1-12H3. The van der Waals surface area contributed by atoms with Crippen molar-refractivity contribution in [2.24, 2.45) is 0 Å². The van der Waals surface area contributed by atoms with Crippen LogP contribution in [0.1, 0.15) is 83.1 Å². The lowest BCUT2D eigenvalue weighted by Crippen LogP contribution is -2.54. The summed E-state index contributed by atoms with van der Waals surface area (Å²) in [5.41, 5.74) is 6.75. The second-order valence-corrected chi connectivity index (χ2v) is 21.8. The molecule has 0 atom stereocenters. The molecule has 0 aliphatic rings. The van der Waals surface area contributed by atoms with Gasteiger partial charge >= 0.3 is 0 Å². The molecule has 1 aromatic carbocycles. The van der Waals surface area contributed by atoms with E-state index in [1.54, 1.807) is 0 Å². The van der Waals surface area contributed by atoms with Crippen LogP contribution in [-0.4, -0.2) is 16.5 Å². The number of rotatable bonds is 10. The van der Waals surface area contributed by atoms with Gasteiger partial charge in [0.1, 0.15) is 0 Å². The minimum absolute atomic E-state index is 0.683. The Hall–Kier alpha value is -0.746. The average molecular weight is 421 g/mol. The minimum atomic E-state index is -1.73. The van der Waals surface area contributed by atoms with E-state index in [4.69, 9.17) is 0 Å². The molecule has 2 nitrogen and oxygen atoms in total. The number of nitrogens with one attached hydrogen (secondary N) is 2. The van der Waals surface area contributed by atoms with E-state index in [1.807, 2.05) is 0 Å². The Morgan fingerprint density at radius 2 is 0.679 bits per heavy atom. The number of anilines is 2. The lowest BCUT2D eigenvalue weighted by Gasteiger charge is -2.46. The molecule has 0 bridgehead atoms. The number of para-hydroxylation sites is 2. The third-order valence-corrected chi connectivity index (χ3v) is 20.2. The average Bonchev–Trinajstić information content (AvgIpc) is 2.56. The second kappa shape index (κ2) is 9.84. The van der Waals surface area contributed by atoms with Crippen LogP contribution in [-0.2, 0) is 0 Å². The van der Waals surface area contributed by atoms with Gasteiger partial charge in [-0.1, -0.05) is 95.2 Å². The summed E-state index contributed by atoms with van der Waals surface area (Å²) in [5.74, 6) is 0. The molecule has 1 aromatic rings. The predicted molar refractivity (Wildman–Crippen MR) is 136 cm³/mol. The van der Waals surface area contributed by atoms with Gasteiger partial charge in [-0.15, -0.1) is 0 Å². The first-order valence-corrected chi connectivity index (χ1v) is 16.0. The topological polar surface area (TPSA) is 24.1 Å². The zero-order valence-corrected chi connectivity index (χ0v) is 22.8. The summed E-state index contributed by atoms with van der Waals surface area (Å²) in [6.45, 7) is 29.1. The molecular weight excluding hydrogens is 372 g/mol. The summed E-state index contributed by atoms with van der Waals surface area (Å²) in [4.78, 5) is 8.39. The van der Waals surface area contributed by atoms with E-state index in [1.165, 1.54) is 11.4 Å². The van der Waals surface area contributed by atoms with Crippen molar-refractivity contribution in [1.82, 2.24) is 0 Å². The van der Waals surface area contributed by atoms with Crippen molar-refractivity contribution in [2.75, 3.05) is 9.96 Å². The highest BCUT2D eigenvalue weighted by molar-refractivity contribution is 6.87. The summed E-state index contributed by atoms with van der Waals surface area (Å²) < 4.78 is 0. The van der Waals surface area contributed by atoms with Crippen LogP contribution >= 0.6 is 0 Å². The molecule has 162 valence electrons. The molecule has 1 rings (SSSR count). The van der Waals surface area contributed by atoms with Crippen LogP contribution in [0, 0.1) is 0 Å². The first-order chi connectivity index (χ1) is 12.8. The molecule has 2 N–H and O–H groups in total. The smallest absolute Gasteiger partial charge is 0.161 e. The van der Waals surface area contributed by atoms with Crippen molar-refractivity contribution in [3.05, 3.63) is 24.3 Å². The van der Waals surface area contributed by atoms with Gasteiger partial charge in [0.2, 0.25) is 0 Å². The van der Waals surface area contributed by atoms with Crippen molar-refractivity contribution in [3.63, 3.8) is 0 Å². The SMILES string of the molecule is CC(C)[Si](Nc1ccccc1N[Si](C(C)C)(C(C)C)C(C)C)(C(C)C)C(C)C. The molecule has 28 heavy (non-hydrogen) atoms. The summed E-state index contributed by atoms with van der Waals surface area (Å²) >= 11 is 0. The summed E-state index contributed by atoms with van der Waals surface area (Å²) in [6.07, 6.45) is 0. The van der Waals surface area contributed by atoms with Crippen molar-refractivity contribution in [2.45, 2.75) is 116 Å². The molecule has 0 saturated heterocycles. The fourth-order valence-corrected chi connectivity index (χ4v) is 17.1. The van der Waals surface area contributed by atoms with Crippen LogP contribution < -0.4 is 9.96 Å². The maximum absolute atomic E-state index is 4.20. The van der Waals surface area contributed by atoms with Crippen molar-refractivity contribution in [1.29, 1.82) is 0 Å². The Labute approximate surface area is 178 Å². The van der Waals surface area contributed by atoms with E-state index in [0.29, 0.717) is 33.2 Å². The summed E-state index contributed by atoms with van der Waals surface area (Å²) in [6, 6.07) is 8.99. The normalized spacial score (nSPS) is 13.5. The maximum Gasteiger partial charge on any atom is 0.161 e. The molecule has 4 heteroatoms. The third-order valence-electron chi connectivity index (χ3n) is 7.36. The van der Waals surface area contributed by atoms with Gasteiger partial charge < -0.3 is 9.96 Å². The predicted octanol–water partition coefficient (Wildman–Crippen LogP) is 8.86. The first-order valence-electron chi connectivity index (χ1n) is 11.5. The lowest BCUT2D eigenvalue weighted by molar-refractivity contribution is 0.818. The van der Waals surface area contributed by atoms with Crippen molar-refractivity contribution < 1.29 is 0 Å². The number of hydrogen-bond acceptors (Lipinski definition) is 2. The van der Waals surface area contributed by atoms with Gasteiger partial charge in [-0.05, 0) is 45.4 Å². The highest BCUT2D eigenvalue weighted by atomic mass is 28.3. The molecule has 0 fully saturated rings. The molecule has 0 radical (unpaired) electrons. The van der Waals surface area contributed by atoms with E-state index >= 15 is 0 Å². The van der Waals surface area contributed by atoms with Crippen LogP contribution in [0.25, 0.3) is 0 Å². The van der Waals surface area contributed by atoms with E-state index in [-0.39, 0.29) is 0 Å². The zero-order valence-electron chi connectivity index (χ0n) is 20.8. The molecule has 0 amide bonds. The number of hydrogen-bond donors (Lipinski definition) is 2. The van der Waals surface area contributed by atoms with Gasteiger partial charge in [0.25, 0.3) is 0 Å². The van der Waals surface area contributed by atoms with Gasteiger partial charge in [-0.3, -0.25) is 0 Å². The molecule has 0 aliphatic carbocycles. The molecule has 0 spiro atoms. The van der Waals surface area contributed by atoms with Crippen molar-refractivity contribution >= 4 is 27.8 Å². The fourth-order valence-electron chi connectivity index (χ4n) is 6.03. The van der Waals surface area contributed by atoms with E-state index in [2.05, 4.69) is 117 Å². The monoisotopic (exact) mass is 420 g/mol. The quantitative estimate of drug-likeness (QED) is 0.369. The Balaban J connectivity index is 3.48. The fraction of sp³-hybridized carbons (Fsp3) is 0.750. The van der Waals surface area contributed by atoms with E-state index in [0.717, 1.165) is 0 Å². The van der Waals surface area contributed by atoms with Crippen LogP contribution in [0.2, 0.25) is 33.2 Å². The van der Waals surface area contributed by atoms with Crippen LogP contribution in [0.15, 0.2) is 24.3 Å². The molecular formula is C24H48N2Si2. The van der Waals surface area contributed by atoms with Gasteiger partial charge in [0, 0.05) is 11.4 Å². The van der Waals surface area contributed by atoms with Gasteiger partial charge in [0.05, 0.1) is 0 Å². The summed E-state index contributed by atoms with van der Waals surface area (Å²) in [5, 5.41) is 0. The van der Waals surface area contributed by atoms with Crippen LogP contribution in [0.3, 0.4) is 0 Å². The molecule has 0 saturated carbocycles. The molecule has 0 heterocycles. The zero-order chi connectivity index (χ0) is 21.9. The van der Waals surface area contributed by atoms with Crippen molar-refractivity contribution in [3.8, 4) is 0 Å². The van der Waals surface area contributed by atoms with Crippen LogP contribution in [0.4, 0.5) is 11.4 Å². The number of benzene rings is 1. The Kier molecular flexibility index (Phi) is 8.89. The second-order valence-electron chi connectivity index (χ2n) is 10.6. The van der Waals surface area contributed by atoms with Crippen LogP contribution in [0.5, 0.6) is 0 Å². The largest absolute Gasteiger partial charge is 0.408 e. The highest BCUT2D eigenvalue weighted by Crippen LogP contribution is 2.46. The lowest BCUT2D eigenvalue weighted by atomic mass is 10.3. The summed E-state index contributed by atoms with van der Waals surface area (Å²) in [7, 11) is -3.46. The highest BCUT2D eigenvalue weighted by Gasteiger charge is 2.46. The van der Waals surface area contributed by atoms with E-state index in [9.17, 15) is 0 Å². The minimum Gasteiger partial charge on any atom is -0.408 e. The van der Waals surface area contributed by atoms with Gasteiger partial charge in [0.15, 0.2) is 16.5 Å². The third kappa shape index (κ3) is 4.69. The Morgan fingerprint density at radius 1 is 0.464 bits per heavy atom.